The van der Waals surface area contributed by atoms with Crippen molar-refractivity contribution < 1.29 is 63.3 Å². The molecule has 0 atom stereocenters. The summed E-state index contributed by atoms with van der Waals surface area (Å²) in [5.74, 6) is 0.157. The molecular formula is C6H7O2RbS. The van der Waals surface area contributed by atoms with Crippen molar-refractivity contribution in [2.75, 3.05) is 0 Å². The number of rotatable bonds is 0. The van der Waals surface area contributed by atoms with Gasteiger partial charge in [0, 0.05) is 5.75 Å². The van der Waals surface area contributed by atoms with E-state index >= 15 is 0 Å². The van der Waals surface area contributed by atoms with Gasteiger partial charge >= 0.3 is 58.2 Å². The van der Waals surface area contributed by atoms with Crippen LogP contribution in [0.15, 0.2) is 4.79 Å². The SMILES string of the molecule is Cc1c(O)[c-](C)sc1=O.[Rb+]. The standard InChI is InChI=1S/C6H7O2S.Rb/c1-3-5(7)4(2)9-6(3)8;/h7H,1-2H3;/q-1;+1. The third-order valence-electron chi connectivity index (χ3n) is 1.24. The molecule has 4 heteroatoms. The number of hydrogen-bond acceptors (Lipinski definition) is 3. The van der Waals surface area contributed by atoms with Crippen LogP contribution in [0.1, 0.15) is 10.4 Å². The van der Waals surface area contributed by atoms with Crippen molar-refractivity contribution in [1.29, 1.82) is 0 Å². The van der Waals surface area contributed by atoms with Crippen LogP contribution >= 0.6 is 11.3 Å². The van der Waals surface area contributed by atoms with E-state index in [2.05, 4.69) is 0 Å². The minimum absolute atomic E-state index is 0. The Morgan fingerprint density at radius 3 is 2.20 bits per heavy atom. The van der Waals surface area contributed by atoms with Gasteiger partial charge in [-0.2, -0.15) is 0 Å². The van der Waals surface area contributed by atoms with Crippen LogP contribution in [-0.4, -0.2) is 5.11 Å². The molecule has 1 rings (SSSR count). The fourth-order valence-corrected chi connectivity index (χ4v) is 1.40. The van der Waals surface area contributed by atoms with Gasteiger partial charge in [0.2, 0.25) is 0 Å². The van der Waals surface area contributed by atoms with Gasteiger partial charge in [-0.05, 0) is 0 Å². The van der Waals surface area contributed by atoms with Gasteiger partial charge in [0.1, 0.15) is 0 Å². The van der Waals surface area contributed by atoms with E-state index in [0.717, 1.165) is 11.3 Å². The molecule has 0 amide bonds. The normalized spacial score (nSPS) is 9.00. The summed E-state index contributed by atoms with van der Waals surface area (Å²) in [7, 11) is 0. The van der Waals surface area contributed by atoms with E-state index in [0.29, 0.717) is 10.4 Å². The van der Waals surface area contributed by atoms with Crippen molar-refractivity contribution >= 4 is 11.3 Å². The quantitative estimate of drug-likeness (QED) is 0.530. The summed E-state index contributed by atoms with van der Waals surface area (Å²) >= 11 is 1.09. The van der Waals surface area contributed by atoms with Crippen molar-refractivity contribution in [2.24, 2.45) is 0 Å². The molecule has 1 aromatic rings. The number of hydrogen-bond donors (Lipinski definition) is 1. The van der Waals surface area contributed by atoms with Crippen LogP contribution in [-0.2, 0) is 0 Å². The van der Waals surface area contributed by atoms with Crippen LogP contribution in [0.2, 0.25) is 0 Å². The summed E-state index contributed by atoms with van der Waals surface area (Å²) in [6.45, 7) is 3.36. The van der Waals surface area contributed by atoms with E-state index in [1.807, 2.05) is 0 Å². The van der Waals surface area contributed by atoms with Crippen molar-refractivity contribution in [3.63, 3.8) is 0 Å². The predicted octanol–water partition coefficient (Wildman–Crippen LogP) is -1.85. The molecule has 0 radical (unpaired) electrons. The molecule has 10 heavy (non-hydrogen) atoms. The smallest absolute Gasteiger partial charge is 0.533 e. The third kappa shape index (κ3) is 2.04. The van der Waals surface area contributed by atoms with E-state index in [-0.39, 0.29) is 68.7 Å². The average Bonchev–Trinajstić information content (AvgIpc) is 1.98. The van der Waals surface area contributed by atoms with Gasteiger partial charge in [-0.15, -0.1) is 5.56 Å². The Balaban J connectivity index is 0.000000810. The first-order valence-corrected chi connectivity index (χ1v) is 3.40. The molecule has 0 fully saturated rings. The molecule has 0 aliphatic rings. The van der Waals surface area contributed by atoms with Gasteiger partial charge < -0.3 is 9.90 Å². The van der Waals surface area contributed by atoms with E-state index < -0.39 is 0 Å². The van der Waals surface area contributed by atoms with E-state index in [9.17, 15) is 4.79 Å². The summed E-state index contributed by atoms with van der Waals surface area (Å²) in [6.07, 6.45) is 0. The van der Waals surface area contributed by atoms with Gasteiger partial charge in [-0.1, -0.05) is 18.7 Å². The Hall–Kier alpha value is 1.11. The van der Waals surface area contributed by atoms with Crippen LogP contribution in [0.25, 0.3) is 0 Å². The number of thiophene rings is 1. The van der Waals surface area contributed by atoms with Gasteiger partial charge in [-0.3, -0.25) is 0 Å². The Morgan fingerprint density at radius 1 is 1.60 bits per heavy atom. The molecular weight excluding hydrogens is 222 g/mol. The minimum atomic E-state index is -0.0370. The van der Waals surface area contributed by atoms with Crippen LogP contribution in [0.5, 0.6) is 5.75 Å². The molecule has 1 N–H and O–H groups in total. The zero-order chi connectivity index (χ0) is 7.02. The van der Waals surface area contributed by atoms with Crippen molar-refractivity contribution in [1.82, 2.24) is 0 Å². The molecule has 2 nitrogen and oxygen atoms in total. The molecule has 0 saturated carbocycles. The summed E-state index contributed by atoms with van der Waals surface area (Å²) in [4.78, 5) is 11.4. The van der Waals surface area contributed by atoms with Crippen molar-refractivity contribution in [3.05, 3.63) is 20.0 Å². The van der Waals surface area contributed by atoms with Gasteiger partial charge in [-0.25, -0.2) is 11.3 Å². The second kappa shape index (κ2) is 4.21. The molecule has 0 unspecified atom stereocenters. The van der Waals surface area contributed by atoms with Crippen LogP contribution < -0.4 is 62.9 Å². The Morgan fingerprint density at radius 2 is 2.10 bits per heavy atom. The fourth-order valence-electron chi connectivity index (χ4n) is 0.625. The fraction of sp³-hybridized carbons (Fsp3) is 0.333. The largest absolute Gasteiger partial charge is 1.00 e. The summed E-state index contributed by atoms with van der Waals surface area (Å²) < 4.78 is -0.0370. The predicted molar refractivity (Wildman–Crippen MR) is 37.3 cm³/mol. The van der Waals surface area contributed by atoms with Crippen LogP contribution in [0.3, 0.4) is 0 Å². The summed E-state index contributed by atoms with van der Waals surface area (Å²) in [5, 5.41) is 9.04. The van der Waals surface area contributed by atoms with E-state index in [1.54, 1.807) is 13.8 Å². The van der Waals surface area contributed by atoms with E-state index in [4.69, 9.17) is 5.11 Å². The molecule has 1 heterocycles. The topological polar surface area (TPSA) is 37.3 Å². The Kier molecular flexibility index (Phi) is 4.68. The van der Waals surface area contributed by atoms with Gasteiger partial charge in [0.05, 0.1) is 4.74 Å². The minimum Gasteiger partial charge on any atom is -0.533 e. The number of aromatic hydroxyl groups is 1. The maximum atomic E-state index is 10.7. The molecule has 0 aliphatic carbocycles. The Bertz CT molecular complexity index is 274. The zero-order valence-corrected chi connectivity index (χ0v) is 12.0. The van der Waals surface area contributed by atoms with E-state index in [1.165, 1.54) is 0 Å². The second-order valence-corrected chi connectivity index (χ2v) is 3.11. The zero-order valence-electron chi connectivity index (χ0n) is 6.26. The first kappa shape index (κ1) is 11.1. The molecule has 1 aromatic heterocycles. The maximum Gasteiger partial charge on any atom is 1.00 e. The first-order valence-electron chi connectivity index (χ1n) is 2.59. The van der Waals surface area contributed by atoms with Gasteiger partial charge in [0.15, 0.2) is 0 Å². The van der Waals surface area contributed by atoms with Crippen molar-refractivity contribution in [3.8, 4) is 5.75 Å². The molecule has 0 saturated heterocycles. The maximum absolute atomic E-state index is 10.7. The van der Waals surface area contributed by atoms with Crippen LogP contribution in [0.4, 0.5) is 0 Å². The Labute approximate surface area is 112 Å². The van der Waals surface area contributed by atoms with Crippen molar-refractivity contribution in [2.45, 2.75) is 13.8 Å². The third-order valence-corrected chi connectivity index (χ3v) is 2.23. The van der Waals surface area contributed by atoms with Gasteiger partial charge in [0.25, 0.3) is 0 Å². The first-order chi connectivity index (χ1) is 4.13. The summed E-state index contributed by atoms with van der Waals surface area (Å²) in [5.41, 5.74) is 0.470. The number of aryl methyl sites for hydroxylation is 1. The molecule has 0 bridgehead atoms. The average molecular weight is 229 g/mol. The second-order valence-electron chi connectivity index (χ2n) is 1.92. The van der Waals surface area contributed by atoms with Crippen LogP contribution in [0, 0.1) is 13.8 Å². The molecule has 0 aliphatic heterocycles. The monoisotopic (exact) mass is 228 g/mol. The molecule has 0 aromatic carbocycles. The summed E-state index contributed by atoms with van der Waals surface area (Å²) in [6, 6.07) is 0. The molecule has 50 valence electrons. The molecule has 0 spiro atoms.